The van der Waals surface area contributed by atoms with Crippen LogP contribution in [0.1, 0.15) is 16.2 Å². The van der Waals surface area contributed by atoms with Crippen molar-refractivity contribution in [1.82, 2.24) is 9.97 Å². The minimum atomic E-state index is -3.96. The van der Waals surface area contributed by atoms with Crippen LogP contribution in [0.15, 0.2) is 29.4 Å². The summed E-state index contributed by atoms with van der Waals surface area (Å²) in [7, 11) is -3.96. The van der Waals surface area contributed by atoms with E-state index in [-0.39, 0.29) is 21.3 Å². The van der Waals surface area contributed by atoms with Gasteiger partial charge >= 0.3 is 5.97 Å². The van der Waals surface area contributed by atoms with E-state index in [2.05, 4.69) is 14.7 Å². The number of benzene rings is 1. The van der Waals surface area contributed by atoms with E-state index < -0.39 is 16.0 Å². The van der Waals surface area contributed by atoms with Crippen molar-refractivity contribution in [1.29, 1.82) is 0 Å². The van der Waals surface area contributed by atoms with E-state index in [9.17, 15) is 13.2 Å². The van der Waals surface area contributed by atoms with Crippen LogP contribution in [0.25, 0.3) is 0 Å². The molecule has 0 fully saturated rings. The second kappa shape index (κ2) is 5.14. The van der Waals surface area contributed by atoms with Gasteiger partial charge in [0.1, 0.15) is 11.4 Å². The van der Waals surface area contributed by atoms with Crippen molar-refractivity contribution in [2.75, 3.05) is 4.72 Å². The van der Waals surface area contributed by atoms with Crippen molar-refractivity contribution >= 4 is 33.3 Å². The summed E-state index contributed by atoms with van der Waals surface area (Å²) in [5.41, 5.74) is -0.425. The van der Waals surface area contributed by atoms with Crippen LogP contribution >= 0.6 is 11.6 Å². The number of halogens is 1. The molecule has 0 aliphatic carbocycles. The second-order valence-electron chi connectivity index (χ2n) is 3.91. The van der Waals surface area contributed by atoms with Crippen LogP contribution in [0.5, 0.6) is 0 Å². The minimum absolute atomic E-state index is 0.0570. The number of nitrogens with zero attached hydrogens (tertiary/aromatic N) is 1. The Kier molecular flexibility index (Phi) is 3.69. The summed E-state index contributed by atoms with van der Waals surface area (Å²) in [5, 5.41) is 8.86. The lowest BCUT2D eigenvalue weighted by atomic mass is 10.2. The second-order valence-corrected chi connectivity index (χ2v) is 5.96. The predicted octanol–water partition coefficient (Wildman–Crippen LogP) is 1.87. The van der Waals surface area contributed by atoms with Gasteiger partial charge in [0.25, 0.3) is 10.0 Å². The number of nitrogens with one attached hydrogen (secondary N) is 2. The molecule has 0 saturated carbocycles. The number of rotatable bonds is 4. The highest BCUT2D eigenvalue weighted by Crippen LogP contribution is 2.26. The average Bonchev–Trinajstić information content (AvgIpc) is 2.75. The molecule has 1 aromatic heterocycles. The van der Waals surface area contributed by atoms with Crippen molar-refractivity contribution in [2.45, 2.75) is 11.9 Å². The SMILES string of the molecule is Cc1ncc(S(=O)(=O)Nc2cccc(Cl)c2C(=O)O)[nH]1. The van der Waals surface area contributed by atoms with Gasteiger partial charge in [0, 0.05) is 0 Å². The number of aryl methyl sites for hydroxylation is 1. The van der Waals surface area contributed by atoms with Crippen LogP contribution < -0.4 is 4.72 Å². The molecule has 0 saturated heterocycles. The van der Waals surface area contributed by atoms with E-state index in [4.69, 9.17) is 16.7 Å². The molecule has 1 heterocycles. The molecule has 1 aromatic carbocycles. The molecular formula is C11H10ClN3O4S. The van der Waals surface area contributed by atoms with Crippen molar-refractivity contribution in [3.05, 3.63) is 40.8 Å². The number of sulfonamides is 1. The molecule has 2 rings (SSSR count). The number of carboxylic acid groups (broad SMARTS) is 1. The van der Waals surface area contributed by atoms with Gasteiger partial charge in [0.15, 0.2) is 5.03 Å². The molecule has 0 amide bonds. The first kappa shape index (κ1) is 14.4. The molecule has 0 bridgehead atoms. The Hall–Kier alpha value is -2.06. The molecule has 7 nitrogen and oxygen atoms in total. The lowest BCUT2D eigenvalue weighted by molar-refractivity contribution is 0.0698. The first-order valence-electron chi connectivity index (χ1n) is 5.37. The monoisotopic (exact) mass is 315 g/mol. The highest BCUT2D eigenvalue weighted by atomic mass is 35.5. The third-order valence-corrected chi connectivity index (χ3v) is 4.03. The van der Waals surface area contributed by atoms with Gasteiger partial charge in [0.05, 0.1) is 16.9 Å². The summed E-state index contributed by atoms with van der Waals surface area (Å²) in [6.45, 7) is 1.60. The van der Waals surface area contributed by atoms with Crippen LogP contribution in [0.2, 0.25) is 5.02 Å². The zero-order valence-electron chi connectivity index (χ0n) is 10.2. The molecular weight excluding hydrogens is 306 g/mol. The van der Waals surface area contributed by atoms with E-state index in [0.717, 1.165) is 6.20 Å². The summed E-state index contributed by atoms with van der Waals surface area (Å²) in [5.74, 6) is -0.899. The molecule has 0 unspecified atom stereocenters. The molecule has 0 spiro atoms. The summed E-state index contributed by atoms with van der Waals surface area (Å²) >= 11 is 5.77. The van der Waals surface area contributed by atoms with Crippen molar-refractivity contribution in [2.24, 2.45) is 0 Å². The predicted molar refractivity (Wildman–Crippen MR) is 72.5 cm³/mol. The molecule has 9 heteroatoms. The van der Waals surface area contributed by atoms with Gasteiger partial charge in [-0.15, -0.1) is 0 Å². The zero-order valence-corrected chi connectivity index (χ0v) is 11.8. The molecule has 0 aliphatic rings. The first-order chi connectivity index (χ1) is 9.31. The first-order valence-corrected chi connectivity index (χ1v) is 7.23. The number of imidazole rings is 1. The number of aromatic nitrogens is 2. The van der Waals surface area contributed by atoms with Crippen LogP contribution in [-0.2, 0) is 10.0 Å². The van der Waals surface area contributed by atoms with Gasteiger partial charge in [-0.25, -0.2) is 9.78 Å². The van der Waals surface area contributed by atoms with E-state index in [1.54, 1.807) is 6.92 Å². The maximum Gasteiger partial charge on any atom is 0.339 e. The van der Waals surface area contributed by atoms with Crippen molar-refractivity contribution in [3.63, 3.8) is 0 Å². The molecule has 0 atom stereocenters. The number of hydrogen-bond acceptors (Lipinski definition) is 4. The van der Waals surface area contributed by atoms with Gasteiger partial charge in [-0.2, -0.15) is 8.42 Å². The molecule has 0 aliphatic heterocycles. The van der Waals surface area contributed by atoms with E-state index in [1.165, 1.54) is 18.2 Å². The quantitative estimate of drug-likeness (QED) is 0.797. The maximum absolute atomic E-state index is 12.1. The topological polar surface area (TPSA) is 112 Å². The largest absolute Gasteiger partial charge is 0.478 e. The molecule has 106 valence electrons. The third-order valence-electron chi connectivity index (χ3n) is 2.44. The molecule has 20 heavy (non-hydrogen) atoms. The highest BCUT2D eigenvalue weighted by molar-refractivity contribution is 7.92. The summed E-state index contributed by atoms with van der Waals surface area (Å²) in [6.07, 6.45) is 1.14. The number of anilines is 1. The lowest BCUT2D eigenvalue weighted by Crippen LogP contribution is -2.16. The summed E-state index contributed by atoms with van der Waals surface area (Å²) < 4.78 is 26.3. The molecule has 3 N–H and O–H groups in total. The normalized spacial score (nSPS) is 11.3. The smallest absolute Gasteiger partial charge is 0.339 e. The van der Waals surface area contributed by atoms with Crippen molar-refractivity contribution in [3.8, 4) is 0 Å². The standard InChI is InChI=1S/C11H10ClN3O4S/c1-6-13-5-9(14-6)20(18,19)15-8-4-2-3-7(12)10(8)11(16)17/h2-5,15H,1H3,(H,13,14)(H,16,17). The Bertz CT molecular complexity index is 770. The number of H-pyrrole nitrogens is 1. The van der Waals surface area contributed by atoms with Crippen LogP contribution in [0.3, 0.4) is 0 Å². The lowest BCUT2D eigenvalue weighted by Gasteiger charge is -2.10. The third kappa shape index (κ3) is 2.75. The summed E-state index contributed by atoms with van der Waals surface area (Å²) in [6, 6.07) is 4.13. The molecule has 2 aromatic rings. The average molecular weight is 316 g/mol. The number of hydrogen-bond donors (Lipinski definition) is 3. The highest BCUT2D eigenvalue weighted by Gasteiger charge is 2.21. The summed E-state index contributed by atoms with van der Waals surface area (Å²) in [4.78, 5) is 17.5. The Labute approximate surface area is 119 Å². The number of carbonyl (C=O) groups is 1. The van der Waals surface area contributed by atoms with Gasteiger partial charge < -0.3 is 10.1 Å². The van der Waals surface area contributed by atoms with E-state index >= 15 is 0 Å². The minimum Gasteiger partial charge on any atom is -0.478 e. The van der Waals surface area contributed by atoms with Crippen LogP contribution in [0.4, 0.5) is 5.69 Å². The van der Waals surface area contributed by atoms with Crippen LogP contribution in [-0.4, -0.2) is 29.5 Å². The fourth-order valence-electron chi connectivity index (χ4n) is 1.56. The van der Waals surface area contributed by atoms with E-state index in [0.29, 0.717) is 5.82 Å². The van der Waals surface area contributed by atoms with Gasteiger partial charge in [-0.3, -0.25) is 4.72 Å². The fraction of sp³-hybridized carbons (Fsp3) is 0.0909. The number of aromatic carboxylic acids is 1. The van der Waals surface area contributed by atoms with Gasteiger partial charge in [-0.1, -0.05) is 17.7 Å². The van der Waals surface area contributed by atoms with E-state index in [1.807, 2.05) is 0 Å². The van der Waals surface area contributed by atoms with Crippen molar-refractivity contribution < 1.29 is 18.3 Å². The van der Waals surface area contributed by atoms with Crippen LogP contribution in [0, 0.1) is 6.92 Å². The van der Waals surface area contributed by atoms with Gasteiger partial charge in [0.2, 0.25) is 0 Å². The molecule has 0 radical (unpaired) electrons. The fourth-order valence-corrected chi connectivity index (χ4v) is 2.86. The Morgan fingerprint density at radius 3 is 2.70 bits per heavy atom. The number of carboxylic acids is 1. The maximum atomic E-state index is 12.1. The number of aromatic amines is 1. The Balaban J connectivity index is 2.45. The Morgan fingerprint density at radius 1 is 1.45 bits per heavy atom. The van der Waals surface area contributed by atoms with Gasteiger partial charge in [-0.05, 0) is 19.1 Å². The zero-order chi connectivity index (χ0) is 14.9. The Morgan fingerprint density at radius 2 is 2.15 bits per heavy atom.